The van der Waals surface area contributed by atoms with Gasteiger partial charge < -0.3 is 15.9 Å². The lowest BCUT2D eigenvalue weighted by atomic mass is 9.82. The molecule has 2 aromatic rings. The first-order valence-electron chi connectivity index (χ1n) is 8.55. The zero-order chi connectivity index (χ0) is 17.8. The highest BCUT2D eigenvalue weighted by Crippen LogP contribution is 2.31. The lowest BCUT2D eigenvalue weighted by molar-refractivity contribution is 0.0697. The van der Waals surface area contributed by atoms with Crippen molar-refractivity contribution in [3.8, 4) is 5.75 Å². The van der Waals surface area contributed by atoms with E-state index in [4.69, 9.17) is 15.8 Å². The van der Waals surface area contributed by atoms with Crippen molar-refractivity contribution in [2.24, 2.45) is 10.9 Å². The van der Waals surface area contributed by atoms with Gasteiger partial charge in [0.1, 0.15) is 5.75 Å². The Kier molecular flexibility index (Phi) is 5.03. The average Bonchev–Trinajstić information content (AvgIpc) is 2.62. The second-order valence-corrected chi connectivity index (χ2v) is 6.46. The molecule has 0 radical (unpaired) electrons. The molecular weight excluding hydrogens is 316 g/mol. The van der Waals surface area contributed by atoms with Gasteiger partial charge in [-0.15, -0.1) is 0 Å². The third-order valence-electron chi connectivity index (χ3n) is 4.67. The largest absolute Gasteiger partial charge is 0.508 e. The Labute approximate surface area is 146 Å². The summed E-state index contributed by atoms with van der Waals surface area (Å²) < 4.78 is 0. The summed E-state index contributed by atoms with van der Waals surface area (Å²) in [6.07, 6.45) is 5.66. The number of carboxylic acid groups (broad SMARTS) is 1. The van der Waals surface area contributed by atoms with Gasteiger partial charge in [-0.25, -0.2) is 4.79 Å². The smallest absolute Gasteiger partial charge is 0.335 e. The van der Waals surface area contributed by atoms with Crippen LogP contribution in [-0.2, 0) is 0 Å². The number of phenols is 1. The molecule has 0 spiro atoms. The van der Waals surface area contributed by atoms with Crippen molar-refractivity contribution < 1.29 is 15.0 Å². The summed E-state index contributed by atoms with van der Waals surface area (Å²) in [4.78, 5) is 16.0. The lowest BCUT2D eigenvalue weighted by Gasteiger charge is -2.24. The van der Waals surface area contributed by atoms with Crippen LogP contribution in [0.5, 0.6) is 5.75 Å². The maximum absolute atomic E-state index is 11.1. The number of aromatic hydroxyl groups is 1. The molecule has 0 amide bonds. The number of benzene rings is 2. The molecule has 0 aromatic heterocycles. The second kappa shape index (κ2) is 7.38. The maximum Gasteiger partial charge on any atom is 0.335 e. The first-order valence-corrected chi connectivity index (χ1v) is 8.55. The van der Waals surface area contributed by atoms with E-state index in [1.807, 2.05) is 0 Å². The van der Waals surface area contributed by atoms with Gasteiger partial charge in [0.05, 0.1) is 17.0 Å². The molecule has 0 heterocycles. The standard InChI is InChI=1S/C20H22N2O3/c21-18-12-14(20(24)25)6-11-17(18)19(13-4-2-1-3-5-13)22-15-7-9-16(23)10-8-15/h6-13,23H,1-5,21H2,(H,24,25). The van der Waals surface area contributed by atoms with E-state index in [2.05, 4.69) is 0 Å². The number of hydrogen-bond acceptors (Lipinski definition) is 4. The molecule has 130 valence electrons. The van der Waals surface area contributed by atoms with Gasteiger partial charge in [0, 0.05) is 17.2 Å². The molecule has 4 N–H and O–H groups in total. The van der Waals surface area contributed by atoms with E-state index in [0.717, 1.165) is 42.6 Å². The molecule has 0 unspecified atom stereocenters. The fourth-order valence-electron chi connectivity index (χ4n) is 3.34. The normalized spacial score (nSPS) is 15.9. The van der Waals surface area contributed by atoms with E-state index in [9.17, 15) is 9.90 Å². The van der Waals surface area contributed by atoms with Gasteiger partial charge in [-0.2, -0.15) is 0 Å². The molecule has 3 rings (SSSR count). The SMILES string of the molecule is Nc1cc(C(=O)O)ccc1C(=Nc1ccc(O)cc1)C1CCCCC1. The van der Waals surface area contributed by atoms with E-state index in [1.54, 1.807) is 36.4 Å². The minimum absolute atomic E-state index is 0.175. The molecule has 0 atom stereocenters. The van der Waals surface area contributed by atoms with E-state index in [1.165, 1.54) is 12.5 Å². The molecule has 5 nitrogen and oxygen atoms in total. The fraction of sp³-hybridized carbons (Fsp3) is 0.300. The zero-order valence-corrected chi connectivity index (χ0v) is 14.0. The fourth-order valence-corrected chi connectivity index (χ4v) is 3.34. The third-order valence-corrected chi connectivity index (χ3v) is 4.67. The molecule has 1 aliphatic rings. The van der Waals surface area contributed by atoms with Crippen LogP contribution in [0.1, 0.15) is 48.0 Å². The monoisotopic (exact) mass is 338 g/mol. The number of carboxylic acids is 1. The number of rotatable bonds is 4. The number of anilines is 1. The predicted molar refractivity (Wildman–Crippen MR) is 98.7 cm³/mol. The van der Waals surface area contributed by atoms with Crippen LogP contribution in [0.4, 0.5) is 11.4 Å². The maximum atomic E-state index is 11.1. The number of nitrogens with two attached hydrogens (primary N) is 1. The third kappa shape index (κ3) is 3.99. The predicted octanol–water partition coefficient (Wildman–Crippen LogP) is 4.37. The van der Waals surface area contributed by atoms with E-state index >= 15 is 0 Å². The van der Waals surface area contributed by atoms with Crippen molar-refractivity contribution in [3.63, 3.8) is 0 Å². The second-order valence-electron chi connectivity index (χ2n) is 6.46. The number of aromatic carboxylic acids is 1. The molecule has 1 fully saturated rings. The summed E-state index contributed by atoms with van der Waals surface area (Å²) in [5.74, 6) is -0.489. The minimum Gasteiger partial charge on any atom is -0.508 e. The molecule has 0 saturated heterocycles. The molecule has 0 aliphatic heterocycles. The van der Waals surface area contributed by atoms with Crippen LogP contribution in [0, 0.1) is 5.92 Å². The number of nitrogen functional groups attached to an aromatic ring is 1. The lowest BCUT2D eigenvalue weighted by Crippen LogP contribution is -2.20. The molecule has 1 saturated carbocycles. The van der Waals surface area contributed by atoms with Gasteiger partial charge in [0.15, 0.2) is 0 Å². The average molecular weight is 338 g/mol. The van der Waals surface area contributed by atoms with Gasteiger partial charge in [-0.1, -0.05) is 25.3 Å². The minimum atomic E-state index is -0.993. The molecule has 25 heavy (non-hydrogen) atoms. The van der Waals surface area contributed by atoms with Crippen LogP contribution in [0.15, 0.2) is 47.5 Å². The molecule has 1 aliphatic carbocycles. The highest BCUT2D eigenvalue weighted by Gasteiger charge is 2.23. The Morgan fingerprint density at radius 2 is 1.72 bits per heavy atom. The Morgan fingerprint density at radius 3 is 2.32 bits per heavy atom. The van der Waals surface area contributed by atoms with Crippen molar-refractivity contribution in [2.75, 3.05) is 5.73 Å². The summed E-state index contributed by atoms with van der Waals surface area (Å²) in [6, 6.07) is 11.6. The number of aliphatic imine (C=N–C) groups is 1. The summed E-state index contributed by atoms with van der Waals surface area (Å²) in [7, 11) is 0. The van der Waals surface area contributed by atoms with Crippen LogP contribution >= 0.6 is 0 Å². The van der Waals surface area contributed by atoms with Gasteiger partial charge in [-0.05, 0) is 49.2 Å². The van der Waals surface area contributed by atoms with Crippen LogP contribution in [0.25, 0.3) is 0 Å². The first kappa shape index (κ1) is 17.0. The summed E-state index contributed by atoms with van der Waals surface area (Å²) >= 11 is 0. The van der Waals surface area contributed by atoms with Crippen molar-refractivity contribution in [1.29, 1.82) is 0 Å². The summed E-state index contributed by atoms with van der Waals surface area (Å²) in [5, 5.41) is 18.6. The number of hydrogen-bond donors (Lipinski definition) is 3. The number of phenolic OH excluding ortho intramolecular Hbond substituents is 1. The zero-order valence-electron chi connectivity index (χ0n) is 14.0. The van der Waals surface area contributed by atoms with Crippen molar-refractivity contribution in [1.82, 2.24) is 0 Å². The van der Waals surface area contributed by atoms with Gasteiger partial charge >= 0.3 is 5.97 Å². The Bertz CT molecular complexity index is 791. The Hall–Kier alpha value is -2.82. The van der Waals surface area contributed by atoms with Gasteiger partial charge in [0.25, 0.3) is 0 Å². The van der Waals surface area contributed by atoms with Gasteiger partial charge in [0.2, 0.25) is 0 Å². The molecule has 2 aromatic carbocycles. The summed E-state index contributed by atoms with van der Waals surface area (Å²) in [5.41, 5.74) is 9.22. The molecule has 0 bridgehead atoms. The first-order chi connectivity index (χ1) is 12.0. The van der Waals surface area contributed by atoms with Gasteiger partial charge in [-0.3, -0.25) is 4.99 Å². The highest BCUT2D eigenvalue weighted by molar-refractivity contribution is 6.08. The van der Waals surface area contributed by atoms with Crippen LogP contribution in [0.3, 0.4) is 0 Å². The Morgan fingerprint density at radius 1 is 1.04 bits per heavy atom. The van der Waals surface area contributed by atoms with Crippen molar-refractivity contribution in [3.05, 3.63) is 53.6 Å². The number of nitrogens with zero attached hydrogens (tertiary/aromatic N) is 1. The molecule has 5 heteroatoms. The van der Waals surface area contributed by atoms with Crippen molar-refractivity contribution >= 4 is 23.1 Å². The molecular formula is C20H22N2O3. The van der Waals surface area contributed by atoms with E-state index in [0.29, 0.717) is 11.6 Å². The summed E-state index contributed by atoms with van der Waals surface area (Å²) in [6.45, 7) is 0. The van der Waals surface area contributed by atoms with Crippen molar-refractivity contribution in [2.45, 2.75) is 32.1 Å². The van der Waals surface area contributed by atoms with Crippen LogP contribution in [-0.4, -0.2) is 21.9 Å². The van der Waals surface area contributed by atoms with E-state index < -0.39 is 5.97 Å². The topological polar surface area (TPSA) is 95.9 Å². The Balaban J connectivity index is 2.04. The number of carbonyl (C=O) groups is 1. The van der Waals surface area contributed by atoms with Crippen LogP contribution < -0.4 is 5.73 Å². The highest BCUT2D eigenvalue weighted by atomic mass is 16.4. The quantitative estimate of drug-likeness (QED) is 0.569. The van der Waals surface area contributed by atoms with E-state index in [-0.39, 0.29) is 11.3 Å². The van der Waals surface area contributed by atoms with Crippen LogP contribution in [0.2, 0.25) is 0 Å².